The van der Waals surface area contributed by atoms with Gasteiger partial charge in [-0.05, 0) is 24.6 Å². The number of nitrogens with one attached hydrogen (secondary N) is 3. The molecule has 4 rings (SSSR count). The summed E-state index contributed by atoms with van der Waals surface area (Å²) in [6, 6.07) is 7.99. The van der Waals surface area contributed by atoms with Crippen LogP contribution in [0.3, 0.4) is 0 Å². The predicted octanol–water partition coefficient (Wildman–Crippen LogP) is 3.71. The van der Waals surface area contributed by atoms with Gasteiger partial charge < -0.3 is 10.6 Å². The number of H-pyrrole nitrogens is 1. The van der Waals surface area contributed by atoms with Crippen LogP contribution in [0.1, 0.15) is 18.5 Å². The second-order valence-electron chi connectivity index (χ2n) is 6.08. The molecule has 0 aliphatic heterocycles. The topological polar surface area (TPSA) is 104 Å². The van der Waals surface area contributed by atoms with Crippen molar-refractivity contribution in [2.45, 2.75) is 13.0 Å². The van der Waals surface area contributed by atoms with Crippen molar-refractivity contribution in [1.82, 2.24) is 30.1 Å². The van der Waals surface area contributed by atoms with Gasteiger partial charge in [0.15, 0.2) is 0 Å². The summed E-state index contributed by atoms with van der Waals surface area (Å²) in [4.78, 5) is 17.3. The monoisotopic (exact) mass is 376 g/mol. The second-order valence-corrected chi connectivity index (χ2v) is 6.08. The molecule has 0 amide bonds. The quantitative estimate of drug-likeness (QED) is 0.471. The highest BCUT2D eigenvalue weighted by atomic mass is 19.1. The van der Waals surface area contributed by atoms with Gasteiger partial charge in [-0.15, -0.1) is 0 Å². The fourth-order valence-corrected chi connectivity index (χ4v) is 2.64. The lowest BCUT2D eigenvalue weighted by molar-refractivity contribution is 0.626. The first-order chi connectivity index (χ1) is 13.7. The van der Waals surface area contributed by atoms with E-state index in [0.29, 0.717) is 23.3 Å². The summed E-state index contributed by atoms with van der Waals surface area (Å²) in [6.07, 6.45) is 8.23. The van der Waals surface area contributed by atoms with Crippen molar-refractivity contribution in [3.63, 3.8) is 0 Å². The van der Waals surface area contributed by atoms with Gasteiger partial charge in [0.2, 0.25) is 5.95 Å². The molecule has 0 aliphatic carbocycles. The van der Waals surface area contributed by atoms with E-state index in [0.717, 1.165) is 11.1 Å². The van der Waals surface area contributed by atoms with Crippen LogP contribution in [0.4, 0.5) is 22.0 Å². The van der Waals surface area contributed by atoms with Crippen LogP contribution in [0.2, 0.25) is 0 Å². The fourth-order valence-electron chi connectivity index (χ4n) is 2.64. The minimum Gasteiger partial charge on any atom is -0.348 e. The van der Waals surface area contributed by atoms with E-state index in [1.165, 1.54) is 12.1 Å². The highest BCUT2D eigenvalue weighted by Crippen LogP contribution is 2.24. The van der Waals surface area contributed by atoms with Gasteiger partial charge in [-0.3, -0.25) is 10.1 Å². The summed E-state index contributed by atoms with van der Waals surface area (Å²) in [7, 11) is 0. The van der Waals surface area contributed by atoms with E-state index in [9.17, 15) is 4.39 Å². The van der Waals surface area contributed by atoms with Gasteiger partial charge in [-0.2, -0.15) is 10.1 Å². The summed E-state index contributed by atoms with van der Waals surface area (Å²) >= 11 is 0. The molecule has 28 heavy (non-hydrogen) atoms. The molecule has 140 valence electrons. The third kappa shape index (κ3) is 4.09. The molecule has 0 fully saturated rings. The Labute approximate surface area is 160 Å². The lowest BCUT2D eigenvalue weighted by atomic mass is 10.1. The van der Waals surface area contributed by atoms with E-state index in [1.54, 1.807) is 49.2 Å². The zero-order valence-corrected chi connectivity index (χ0v) is 15.0. The van der Waals surface area contributed by atoms with E-state index in [1.807, 2.05) is 6.92 Å². The van der Waals surface area contributed by atoms with Gasteiger partial charge >= 0.3 is 0 Å². The number of halogens is 1. The number of nitrogens with zero attached hydrogens (tertiary/aromatic N) is 5. The Bertz CT molecular complexity index is 1040. The molecule has 0 saturated heterocycles. The highest BCUT2D eigenvalue weighted by molar-refractivity contribution is 5.65. The van der Waals surface area contributed by atoms with Gasteiger partial charge in [0.25, 0.3) is 0 Å². The normalized spacial score (nSPS) is 11.8. The zero-order chi connectivity index (χ0) is 19.3. The van der Waals surface area contributed by atoms with E-state index >= 15 is 0 Å². The molecule has 8 nitrogen and oxygen atoms in total. The van der Waals surface area contributed by atoms with Crippen molar-refractivity contribution in [3.05, 3.63) is 72.7 Å². The Morgan fingerprint density at radius 1 is 1.04 bits per heavy atom. The summed E-state index contributed by atoms with van der Waals surface area (Å²) in [6.45, 7) is 1.96. The van der Waals surface area contributed by atoms with Crippen molar-refractivity contribution in [1.29, 1.82) is 0 Å². The number of aromatic nitrogens is 6. The summed E-state index contributed by atoms with van der Waals surface area (Å²) < 4.78 is 13.2. The molecule has 9 heteroatoms. The molecule has 0 aliphatic rings. The molecule has 3 heterocycles. The largest absolute Gasteiger partial charge is 0.348 e. The lowest BCUT2D eigenvalue weighted by Gasteiger charge is -2.16. The Balaban J connectivity index is 1.64. The Kier molecular flexibility index (Phi) is 4.87. The number of benzene rings is 1. The Hall–Kier alpha value is -3.88. The molecule has 0 bridgehead atoms. The van der Waals surface area contributed by atoms with Crippen LogP contribution in [-0.2, 0) is 0 Å². The molecule has 1 atom stereocenters. The molecule has 0 saturated carbocycles. The molecular formula is C19H17FN8. The van der Waals surface area contributed by atoms with Crippen molar-refractivity contribution in [2.75, 3.05) is 10.6 Å². The molecular weight excluding hydrogens is 359 g/mol. The SMILES string of the molecule is C[C@H](Nc1nc(Nc2cnccn2)cc(-c2cn[nH]c2)n1)c1ccc(F)cc1. The van der Waals surface area contributed by atoms with Crippen molar-refractivity contribution >= 4 is 17.6 Å². The average molecular weight is 376 g/mol. The molecule has 0 radical (unpaired) electrons. The number of rotatable bonds is 6. The first-order valence-electron chi connectivity index (χ1n) is 8.60. The Morgan fingerprint density at radius 2 is 1.89 bits per heavy atom. The van der Waals surface area contributed by atoms with Crippen LogP contribution in [0, 0.1) is 5.82 Å². The number of anilines is 3. The standard InChI is InChI=1S/C19H17FN8/c1-12(13-2-4-15(20)5-3-13)25-19-26-16(14-9-23-24-10-14)8-17(28-19)27-18-11-21-6-7-22-18/h2-12H,1H3,(H,23,24)(H2,22,25,26,27,28)/t12-/m0/s1. The van der Waals surface area contributed by atoms with Crippen LogP contribution in [0.25, 0.3) is 11.3 Å². The smallest absolute Gasteiger partial charge is 0.225 e. The molecule has 1 aromatic carbocycles. The van der Waals surface area contributed by atoms with Crippen LogP contribution in [0.5, 0.6) is 0 Å². The van der Waals surface area contributed by atoms with Crippen molar-refractivity contribution in [2.24, 2.45) is 0 Å². The second kappa shape index (κ2) is 7.78. The molecule has 0 unspecified atom stereocenters. The van der Waals surface area contributed by atoms with Gasteiger partial charge in [0.1, 0.15) is 17.5 Å². The minimum atomic E-state index is -0.274. The van der Waals surface area contributed by atoms with Gasteiger partial charge in [-0.25, -0.2) is 14.4 Å². The van der Waals surface area contributed by atoms with Crippen molar-refractivity contribution in [3.8, 4) is 11.3 Å². The fraction of sp³-hybridized carbons (Fsp3) is 0.105. The molecule has 3 aromatic heterocycles. The maximum absolute atomic E-state index is 13.2. The van der Waals surface area contributed by atoms with Gasteiger partial charge in [0, 0.05) is 30.2 Å². The summed E-state index contributed by atoms with van der Waals surface area (Å²) in [5.74, 6) is 1.27. The summed E-state index contributed by atoms with van der Waals surface area (Å²) in [5.41, 5.74) is 2.42. The maximum Gasteiger partial charge on any atom is 0.225 e. The summed E-state index contributed by atoms with van der Waals surface area (Å²) in [5, 5.41) is 13.1. The minimum absolute atomic E-state index is 0.121. The first kappa shape index (κ1) is 17.5. The van der Waals surface area contributed by atoms with Crippen LogP contribution < -0.4 is 10.6 Å². The number of hydrogen-bond donors (Lipinski definition) is 3. The van der Waals surface area contributed by atoms with Crippen LogP contribution in [-0.4, -0.2) is 30.1 Å². The van der Waals surface area contributed by atoms with E-state index in [-0.39, 0.29) is 11.9 Å². The van der Waals surface area contributed by atoms with Gasteiger partial charge in [0.05, 0.1) is 24.1 Å². The third-order valence-corrected chi connectivity index (χ3v) is 4.06. The van der Waals surface area contributed by atoms with Crippen molar-refractivity contribution < 1.29 is 4.39 Å². The maximum atomic E-state index is 13.2. The van der Waals surface area contributed by atoms with E-state index in [4.69, 9.17) is 0 Å². The van der Waals surface area contributed by atoms with E-state index < -0.39 is 0 Å². The third-order valence-electron chi connectivity index (χ3n) is 4.06. The lowest BCUT2D eigenvalue weighted by Crippen LogP contribution is -2.11. The van der Waals surface area contributed by atoms with E-state index in [2.05, 4.69) is 40.8 Å². The van der Waals surface area contributed by atoms with Crippen LogP contribution >= 0.6 is 0 Å². The first-order valence-corrected chi connectivity index (χ1v) is 8.60. The number of aromatic amines is 1. The predicted molar refractivity (Wildman–Crippen MR) is 103 cm³/mol. The highest BCUT2D eigenvalue weighted by Gasteiger charge is 2.12. The molecule has 4 aromatic rings. The zero-order valence-electron chi connectivity index (χ0n) is 15.0. The van der Waals surface area contributed by atoms with Crippen LogP contribution in [0.15, 0.2) is 61.3 Å². The number of hydrogen-bond acceptors (Lipinski definition) is 7. The Morgan fingerprint density at radius 3 is 2.61 bits per heavy atom. The molecule has 3 N–H and O–H groups in total. The van der Waals surface area contributed by atoms with Gasteiger partial charge in [-0.1, -0.05) is 12.1 Å². The average Bonchev–Trinajstić information content (AvgIpc) is 3.24. The molecule has 0 spiro atoms.